The molecule has 0 saturated carbocycles. The Morgan fingerprint density at radius 3 is 2.17 bits per heavy atom. The van der Waals surface area contributed by atoms with Crippen molar-refractivity contribution in [1.82, 2.24) is 15.1 Å². The second-order valence-corrected chi connectivity index (χ2v) is 6.79. The van der Waals surface area contributed by atoms with E-state index in [1.165, 1.54) is 5.69 Å². The molecule has 3 rings (SSSR count). The highest BCUT2D eigenvalue weighted by molar-refractivity contribution is 5.92. The van der Waals surface area contributed by atoms with Gasteiger partial charge in [-0.15, -0.1) is 10.2 Å². The van der Waals surface area contributed by atoms with Crippen LogP contribution in [0.15, 0.2) is 66.7 Å². The maximum Gasteiger partial charge on any atom is 0.274 e. The molecule has 1 aromatic heterocycles. The Labute approximate surface area is 172 Å². The second kappa shape index (κ2) is 9.68. The van der Waals surface area contributed by atoms with Gasteiger partial charge in [0.1, 0.15) is 0 Å². The zero-order chi connectivity index (χ0) is 20.6. The van der Waals surface area contributed by atoms with E-state index in [0.29, 0.717) is 18.1 Å². The molecule has 0 radical (unpaired) electrons. The predicted octanol–water partition coefficient (Wildman–Crippen LogP) is 4.34. The van der Waals surface area contributed by atoms with Crippen molar-refractivity contribution in [3.05, 3.63) is 78.0 Å². The number of amides is 1. The summed E-state index contributed by atoms with van der Waals surface area (Å²) in [5.41, 5.74) is 3.51. The summed E-state index contributed by atoms with van der Waals surface area (Å²) < 4.78 is 0. The minimum atomic E-state index is -0.156. The number of nitrogens with one attached hydrogen (secondary N) is 1. The summed E-state index contributed by atoms with van der Waals surface area (Å²) in [6, 6.07) is 21.5. The predicted molar refractivity (Wildman–Crippen MR) is 118 cm³/mol. The maximum absolute atomic E-state index is 12.6. The number of anilines is 3. The minimum absolute atomic E-state index is 0.156. The number of hydrogen-bond acceptors (Lipinski definition) is 5. The van der Waals surface area contributed by atoms with Gasteiger partial charge in [-0.1, -0.05) is 30.3 Å². The van der Waals surface area contributed by atoms with E-state index in [1.54, 1.807) is 24.1 Å². The molecule has 0 aliphatic heterocycles. The van der Waals surface area contributed by atoms with Crippen molar-refractivity contribution in [1.29, 1.82) is 0 Å². The first kappa shape index (κ1) is 20.3. The van der Waals surface area contributed by atoms with Gasteiger partial charge >= 0.3 is 0 Å². The molecule has 0 unspecified atom stereocenters. The average molecular weight is 390 g/mol. The van der Waals surface area contributed by atoms with Crippen molar-refractivity contribution in [2.24, 2.45) is 0 Å². The third kappa shape index (κ3) is 5.31. The molecule has 0 aliphatic rings. The van der Waals surface area contributed by atoms with Crippen molar-refractivity contribution < 1.29 is 4.79 Å². The lowest BCUT2D eigenvalue weighted by molar-refractivity contribution is 0.0778. The van der Waals surface area contributed by atoms with Gasteiger partial charge in [0, 0.05) is 38.1 Å². The van der Waals surface area contributed by atoms with Crippen molar-refractivity contribution in [2.75, 3.05) is 30.4 Å². The van der Waals surface area contributed by atoms with E-state index in [1.807, 2.05) is 42.5 Å². The van der Waals surface area contributed by atoms with Crippen LogP contribution in [0.1, 0.15) is 29.9 Å². The lowest BCUT2D eigenvalue weighted by Crippen LogP contribution is -2.27. The van der Waals surface area contributed by atoms with E-state index >= 15 is 0 Å². The van der Waals surface area contributed by atoms with Crippen LogP contribution in [0.3, 0.4) is 0 Å². The fraction of sp³-hybridized carbons (Fsp3) is 0.261. The van der Waals surface area contributed by atoms with Crippen LogP contribution in [0.25, 0.3) is 0 Å². The average Bonchev–Trinajstić information content (AvgIpc) is 2.76. The Bertz CT molecular complexity index is 906. The fourth-order valence-corrected chi connectivity index (χ4v) is 3.13. The largest absolute Gasteiger partial charge is 0.372 e. The SMILES string of the molecule is CCN(CC)c1ccc(Nc2ccc(C(=O)N(C)Cc3ccccc3)nn2)cc1. The van der Waals surface area contributed by atoms with Gasteiger partial charge in [-0.05, 0) is 55.8 Å². The van der Waals surface area contributed by atoms with Crippen LogP contribution >= 0.6 is 0 Å². The number of carbonyl (C=O) groups excluding carboxylic acids is 1. The van der Waals surface area contributed by atoms with Crippen LogP contribution in [-0.2, 0) is 6.54 Å². The van der Waals surface area contributed by atoms with Gasteiger partial charge in [0.2, 0.25) is 0 Å². The molecule has 6 nitrogen and oxygen atoms in total. The van der Waals surface area contributed by atoms with Crippen molar-refractivity contribution in [3.63, 3.8) is 0 Å². The smallest absolute Gasteiger partial charge is 0.274 e. The molecule has 0 aliphatic carbocycles. The van der Waals surface area contributed by atoms with Crippen molar-refractivity contribution in [2.45, 2.75) is 20.4 Å². The van der Waals surface area contributed by atoms with E-state index in [9.17, 15) is 4.79 Å². The lowest BCUT2D eigenvalue weighted by atomic mass is 10.2. The number of benzene rings is 2. The Hall–Kier alpha value is -3.41. The Morgan fingerprint density at radius 1 is 0.897 bits per heavy atom. The van der Waals surface area contributed by atoms with Gasteiger partial charge in [0.25, 0.3) is 5.91 Å². The summed E-state index contributed by atoms with van der Waals surface area (Å²) in [7, 11) is 1.76. The van der Waals surface area contributed by atoms with Crippen LogP contribution in [0, 0.1) is 0 Å². The van der Waals surface area contributed by atoms with Gasteiger partial charge in [0.05, 0.1) is 0 Å². The summed E-state index contributed by atoms with van der Waals surface area (Å²) in [6.07, 6.45) is 0. The maximum atomic E-state index is 12.6. The molecular weight excluding hydrogens is 362 g/mol. The molecule has 29 heavy (non-hydrogen) atoms. The zero-order valence-electron chi connectivity index (χ0n) is 17.2. The van der Waals surface area contributed by atoms with Crippen LogP contribution in [-0.4, -0.2) is 41.1 Å². The summed E-state index contributed by atoms with van der Waals surface area (Å²) >= 11 is 0. The lowest BCUT2D eigenvalue weighted by Gasteiger charge is -2.21. The van der Waals surface area contributed by atoms with Gasteiger partial charge in [0.15, 0.2) is 11.5 Å². The number of hydrogen-bond donors (Lipinski definition) is 1. The van der Waals surface area contributed by atoms with Crippen LogP contribution in [0.4, 0.5) is 17.2 Å². The molecule has 1 amide bonds. The third-order valence-electron chi connectivity index (χ3n) is 4.76. The highest BCUT2D eigenvalue weighted by Gasteiger charge is 2.14. The number of nitrogens with zero attached hydrogens (tertiary/aromatic N) is 4. The van der Waals surface area contributed by atoms with Gasteiger partial charge in [-0.3, -0.25) is 4.79 Å². The third-order valence-corrected chi connectivity index (χ3v) is 4.76. The fourth-order valence-electron chi connectivity index (χ4n) is 3.13. The summed E-state index contributed by atoms with van der Waals surface area (Å²) in [5, 5.41) is 11.5. The van der Waals surface area contributed by atoms with Crippen LogP contribution in [0.5, 0.6) is 0 Å². The van der Waals surface area contributed by atoms with Gasteiger partial charge in [-0.2, -0.15) is 0 Å². The van der Waals surface area contributed by atoms with E-state index in [4.69, 9.17) is 0 Å². The molecule has 3 aromatic rings. The summed E-state index contributed by atoms with van der Waals surface area (Å²) in [5.74, 6) is 0.444. The van der Waals surface area contributed by atoms with E-state index in [0.717, 1.165) is 24.3 Å². The highest BCUT2D eigenvalue weighted by atomic mass is 16.2. The quantitative estimate of drug-likeness (QED) is 0.621. The van der Waals surface area contributed by atoms with E-state index in [2.05, 4.69) is 46.4 Å². The first-order valence-corrected chi connectivity index (χ1v) is 9.85. The second-order valence-electron chi connectivity index (χ2n) is 6.79. The normalized spacial score (nSPS) is 10.4. The monoisotopic (exact) mass is 389 g/mol. The zero-order valence-corrected chi connectivity index (χ0v) is 17.2. The molecule has 2 aromatic carbocycles. The standard InChI is InChI=1S/C23H27N5O/c1-4-28(5-2)20-13-11-19(12-14-20)24-22-16-15-21(25-26-22)23(29)27(3)17-18-9-7-6-8-10-18/h6-16H,4-5,17H2,1-3H3,(H,24,26). The van der Waals surface area contributed by atoms with E-state index in [-0.39, 0.29) is 5.91 Å². The van der Waals surface area contributed by atoms with Crippen molar-refractivity contribution >= 4 is 23.1 Å². The summed E-state index contributed by atoms with van der Waals surface area (Å²) in [4.78, 5) is 16.5. The van der Waals surface area contributed by atoms with Gasteiger partial charge < -0.3 is 15.1 Å². The minimum Gasteiger partial charge on any atom is -0.372 e. The Balaban J connectivity index is 1.61. The number of carbonyl (C=O) groups is 1. The first-order valence-electron chi connectivity index (χ1n) is 9.85. The first-order chi connectivity index (χ1) is 14.1. The molecule has 0 saturated heterocycles. The number of aromatic nitrogens is 2. The molecule has 0 bridgehead atoms. The molecule has 6 heteroatoms. The Morgan fingerprint density at radius 2 is 1.59 bits per heavy atom. The highest BCUT2D eigenvalue weighted by Crippen LogP contribution is 2.20. The molecular formula is C23H27N5O. The number of rotatable bonds is 8. The molecule has 1 N–H and O–H groups in total. The molecule has 0 fully saturated rings. The topological polar surface area (TPSA) is 61.4 Å². The van der Waals surface area contributed by atoms with Crippen LogP contribution in [0.2, 0.25) is 0 Å². The van der Waals surface area contributed by atoms with Crippen LogP contribution < -0.4 is 10.2 Å². The molecule has 0 spiro atoms. The Kier molecular flexibility index (Phi) is 6.79. The summed E-state index contributed by atoms with van der Waals surface area (Å²) in [6.45, 7) is 6.77. The van der Waals surface area contributed by atoms with Gasteiger partial charge in [-0.25, -0.2) is 0 Å². The molecule has 150 valence electrons. The van der Waals surface area contributed by atoms with E-state index < -0.39 is 0 Å². The molecule has 0 atom stereocenters. The van der Waals surface area contributed by atoms with Crippen molar-refractivity contribution in [3.8, 4) is 0 Å². The molecule has 1 heterocycles.